The first kappa shape index (κ1) is 43.7. The summed E-state index contributed by atoms with van der Waals surface area (Å²) in [5, 5.41) is 13.6. The Balaban J connectivity index is 4.57. The normalized spacial score (nSPS) is 15.3. The predicted octanol–water partition coefficient (Wildman–Crippen LogP) is 8.16. The van der Waals surface area contributed by atoms with Gasteiger partial charge in [-0.1, -0.05) is 121 Å². The number of hydrogen-bond donors (Lipinski definition) is 2. The van der Waals surface area contributed by atoms with Gasteiger partial charge in [0, 0.05) is 6.42 Å². The summed E-state index contributed by atoms with van der Waals surface area (Å²) < 4.78 is 22.9. The molecule has 0 aliphatic heterocycles. The van der Waals surface area contributed by atoms with E-state index in [4.69, 9.17) is 9.05 Å². The summed E-state index contributed by atoms with van der Waals surface area (Å²) in [7, 11) is 1.23. The molecule has 0 aliphatic carbocycles. The summed E-state index contributed by atoms with van der Waals surface area (Å²) in [6.07, 6.45) is 32.2. The quantitative estimate of drug-likeness (QED) is 0.0337. The van der Waals surface area contributed by atoms with Crippen LogP contribution in [0.5, 0.6) is 0 Å². The molecule has 2 N–H and O–H groups in total. The monoisotopic (exact) mass is 656 g/mol. The van der Waals surface area contributed by atoms with E-state index in [1.807, 2.05) is 27.2 Å². The van der Waals surface area contributed by atoms with Crippen LogP contribution in [0.25, 0.3) is 0 Å². The third kappa shape index (κ3) is 31.1. The van der Waals surface area contributed by atoms with Gasteiger partial charge < -0.3 is 28.8 Å². The van der Waals surface area contributed by atoms with Gasteiger partial charge in [0.1, 0.15) is 13.2 Å². The molecule has 3 unspecified atom stereocenters. The molecule has 8 nitrogen and oxygen atoms in total. The minimum atomic E-state index is -4.58. The highest BCUT2D eigenvalue weighted by Crippen LogP contribution is 2.38. The zero-order valence-corrected chi connectivity index (χ0v) is 30.5. The van der Waals surface area contributed by atoms with Crippen molar-refractivity contribution in [3.05, 3.63) is 36.5 Å². The van der Waals surface area contributed by atoms with Crippen LogP contribution < -0.4 is 10.2 Å². The average molecular weight is 657 g/mol. The molecule has 0 radical (unpaired) electrons. The van der Waals surface area contributed by atoms with Gasteiger partial charge in [0.2, 0.25) is 5.91 Å². The Labute approximate surface area is 276 Å². The SMILES string of the molecule is CCCCCCCCC/C=C/CC/C=C/CC/C=C/C(O)C(COP(=O)([O-])OCC[N+](C)(C)C)NC(=O)CCCCCCCC. The van der Waals surface area contributed by atoms with E-state index in [2.05, 4.69) is 43.5 Å². The first-order chi connectivity index (χ1) is 21.5. The van der Waals surface area contributed by atoms with Gasteiger partial charge in [-0.05, 0) is 44.9 Å². The maximum Gasteiger partial charge on any atom is 0.268 e. The second kappa shape index (κ2) is 28.9. The van der Waals surface area contributed by atoms with Gasteiger partial charge >= 0.3 is 0 Å². The van der Waals surface area contributed by atoms with E-state index in [0.717, 1.165) is 51.4 Å². The molecular formula is C36H69N2O6P. The van der Waals surface area contributed by atoms with Crippen molar-refractivity contribution in [2.75, 3.05) is 40.9 Å². The molecule has 0 bridgehead atoms. The molecule has 0 fully saturated rings. The number of likely N-dealkylation sites (N-methyl/N-ethyl adjacent to an activating group) is 1. The molecule has 0 saturated carbocycles. The number of aliphatic hydroxyl groups is 1. The number of carbonyl (C=O) groups excluding carboxylic acids is 1. The summed E-state index contributed by atoms with van der Waals surface area (Å²) >= 11 is 0. The number of amides is 1. The van der Waals surface area contributed by atoms with E-state index >= 15 is 0 Å². The molecule has 0 aromatic rings. The number of hydrogen-bond acceptors (Lipinski definition) is 6. The lowest BCUT2D eigenvalue weighted by molar-refractivity contribution is -0.870. The zero-order valence-electron chi connectivity index (χ0n) is 29.6. The summed E-state index contributed by atoms with van der Waals surface area (Å²) in [4.78, 5) is 24.9. The van der Waals surface area contributed by atoms with Crippen molar-refractivity contribution in [2.24, 2.45) is 0 Å². The highest BCUT2D eigenvalue weighted by atomic mass is 31.2. The number of phosphoric ester groups is 1. The third-order valence-corrected chi connectivity index (χ3v) is 8.54. The Morgan fingerprint density at radius 1 is 0.756 bits per heavy atom. The van der Waals surface area contributed by atoms with Crippen molar-refractivity contribution in [1.29, 1.82) is 0 Å². The molecule has 264 valence electrons. The summed E-state index contributed by atoms with van der Waals surface area (Å²) in [5.74, 6) is -0.224. The van der Waals surface area contributed by atoms with Gasteiger partial charge in [0.25, 0.3) is 7.82 Å². The molecule has 0 aliphatic rings. The van der Waals surface area contributed by atoms with E-state index < -0.39 is 26.6 Å². The lowest BCUT2D eigenvalue weighted by atomic mass is 10.1. The zero-order chi connectivity index (χ0) is 33.7. The van der Waals surface area contributed by atoms with Crippen LogP contribution in [0, 0.1) is 0 Å². The molecule has 9 heteroatoms. The van der Waals surface area contributed by atoms with E-state index in [1.54, 1.807) is 6.08 Å². The molecule has 0 spiro atoms. The fourth-order valence-electron chi connectivity index (χ4n) is 4.65. The van der Waals surface area contributed by atoms with Crippen molar-refractivity contribution in [1.82, 2.24) is 5.32 Å². The Hall–Kier alpha value is -1.28. The largest absolute Gasteiger partial charge is 0.756 e. The van der Waals surface area contributed by atoms with Crippen LogP contribution in [0.1, 0.15) is 136 Å². The maximum absolute atomic E-state index is 12.6. The highest BCUT2D eigenvalue weighted by Gasteiger charge is 2.23. The number of nitrogens with zero attached hydrogens (tertiary/aromatic N) is 1. The minimum absolute atomic E-state index is 0.00908. The Morgan fingerprint density at radius 2 is 1.24 bits per heavy atom. The van der Waals surface area contributed by atoms with Crippen LogP contribution in [-0.2, 0) is 18.4 Å². The van der Waals surface area contributed by atoms with Gasteiger partial charge in [0.15, 0.2) is 0 Å². The average Bonchev–Trinajstić information content (AvgIpc) is 2.97. The number of rotatable bonds is 31. The van der Waals surface area contributed by atoms with E-state index in [9.17, 15) is 19.4 Å². The lowest BCUT2D eigenvalue weighted by Gasteiger charge is -2.29. The number of aliphatic hydroxyl groups excluding tert-OH is 1. The number of nitrogens with one attached hydrogen (secondary N) is 1. The van der Waals surface area contributed by atoms with Crippen LogP contribution in [0.2, 0.25) is 0 Å². The molecule has 1 amide bonds. The predicted molar refractivity (Wildman–Crippen MR) is 187 cm³/mol. The standard InChI is InChI=1S/C36H69N2O6P/c1-6-8-10-12-14-15-16-17-18-19-20-21-22-23-24-25-27-29-35(39)34(37-36(40)30-28-26-13-11-9-7-2)33-44-45(41,42)43-32-31-38(3,4)5/h18-19,22-23,27,29,34-35,39H,6-17,20-21,24-26,28,30-33H2,1-5H3,(H-,37,40,41,42)/b19-18+,23-22+,29-27+. The first-order valence-electron chi connectivity index (χ1n) is 17.9. The van der Waals surface area contributed by atoms with Crippen LogP contribution in [0.4, 0.5) is 0 Å². The van der Waals surface area contributed by atoms with Crippen LogP contribution >= 0.6 is 7.82 Å². The minimum Gasteiger partial charge on any atom is -0.756 e. The van der Waals surface area contributed by atoms with E-state index in [0.29, 0.717) is 17.4 Å². The molecule has 0 aromatic carbocycles. The fraction of sp³-hybridized carbons (Fsp3) is 0.806. The van der Waals surface area contributed by atoms with Crippen molar-refractivity contribution in [2.45, 2.75) is 148 Å². The number of phosphoric acid groups is 1. The first-order valence-corrected chi connectivity index (χ1v) is 19.3. The number of quaternary nitrogens is 1. The molecule has 0 aromatic heterocycles. The van der Waals surface area contributed by atoms with Crippen molar-refractivity contribution < 1.29 is 32.9 Å². The summed E-state index contributed by atoms with van der Waals surface area (Å²) in [5.41, 5.74) is 0. The van der Waals surface area contributed by atoms with Gasteiger partial charge in [0.05, 0.1) is 39.9 Å². The molecule has 0 heterocycles. The number of carbonyl (C=O) groups is 1. The number of unbranched alkanes of at least 4 members (excludes halogenated alkanes) is 14. The molecule has 0 rings (SSSR count). The lowest BCUT2D eigenvalue weighted by Crippen LogP contribution is -2.45. The highest BCUT2D eigenvalue weighted by molar-refractivity contribution is 7.45. The Bertz CT molecular complexity index is 840. The molecule has 45 heavy (non-hydrogen) atoms. The van der Waals surface area contributed by atoms with Gasteiger partial charge in [-0.15, -0.1) is 0 Å². The van der Waals surface area contributed by atoms with Crippen LogP contribution in [0.3, 0.4) is 0 Å². The number of allylic oxidation sites excluding steroid dienone is 5. The van der Waals surface area contributed by atoms with Crippen LogP contribution in [0.15, 0.2) is 36.5 Å². The van der Waals surface area contributed by atoms with Crippen molar-refractivity contribution in [3.63, 3.8) is 0 Å². The Morgan fingerprint density at radius 3 is 1.80 bits per heavy atom. The molecule has 0 saturated heterocycles. The van der Waals surface area contributed by atoms with Crippen molar-refractivity contribution in [3.8, 4) is 0 Å². The Kier molecular flexibility index (Phi) is 28.1. The topological polar surface area (TPSA) is 108 Å². The van der Waals surface area contributed by atoms with E-state index in [-0.39, 0.29) is 12.5 Å². The van der Waals surface area contributed by atoms with E-state index in [1.165, 1.54) is 64.2 Å². The van der Waals surface area contributed by atoms with Crippen LogP contribution in [-0.4, -0.2) is 68.5 Å². The summed E-state index contributed by atoms with van der Waals surface area (Å²) in [6, 6.07) is -0.901. The van der Waals surface area contributed by atoms with Gasteiger partial charge in [-0.3, -0.25) is 9.36 Å². The third-order valence-electron chi connectivity index (χ3n) is 7.58. The second-order valence-electron chi connectivity index (χ2n) is 13.2. The van der Waals surface area contributed by atoms with Crippen molar-refractivity contribution >= 4 is 13.7 Å². The maximum atomic E-state index is 12.6. The summed E-state index contributed by atoms with van der Waals surface area (Å²) in [6.45, 7) is 4.50. The van der Waals surface area contributed by atoms with Gasteiger partial charge in [-0.25, -0.2) is 0 Å². The van der Waals surface area contributed by atoms with Gasteiger partial charge in [-0.2, -0.15) is 0 Å². The molecule has 3 atom stereocenters. The molecular weight excluding hydrogens is 587 g/mol. The second-order valence-corrected chi connectivity index (χ2v) is 14.6. The fourth-order valence-corrected chi connectivity index (χ4v) is 5.37. The smallest absolute Gasteiger partial charge is 0.268 e.